The minimum absolute atomic E-state index is 0.180. The van der Waals surface area contributed by atoms with E-state index in [0.717, 1.165) is 6.42 Å². The van der Waals surface area contributed by atoms with Crippen molar-refractivity contribution in [1.29, 1.82) is 0 Å². The smallest absolute Gasteiger partial charge is 0.316 e. The highest BCUT2D eigenvalue weighted by atomic mass is 16.2. The van der Waals surface area contributed by atoms with E-state index in [9.17, 15) is 24.0 Å². The fraction of sp³-hybridized carbons (Fsp3) is 0.629. The van der Waals surface area contributed by atoms with Crippen molar-refractivity contribution >= 4 is 35.6 Å². The number of hydrazone groups is 1. The fourth-order valence-corrected chi connectivity index (χ4v) is 4.30. The molecule has 1 aliphatic rings. The van der Waals surface area contributed by atoms with Crippen LogP contribution in [-0.4, -0.2) is 82.8 Å². The number of carbonyl (C=O) groups is 5. The summed E-state index contributed by atoms with van der Waals surface area (Å²) in [4.78, 5) is 69.6. The molecule has 0 saturated carbocycles. The highest BCUT2D eigenvalue weighted by molar-refractivity contribution is 6.38. The summed E-state index contributed by atoms with van der Waals surface area (Å²) < 4.78 is 0. The van der Waals surface area contributed by atoms with Gasteiger partial charge in [-0.15, -0.1) is 6.58 Å². The van der Waals surface area contributed by atoms with Crippen LogP contribution in [0.3, 0.4) is 0 Å². The van der Waals surface area contributed by atoms with Crippen molar-refractivity contribution in [2.75, 3.05) is 13.1 Å². The molecule has 1 fully saturated rings. The normalized spacial score (nSPS) is 16.0. The Morgan fingerprint density at radius 2 is 1.66 bits per heavy atom. The van der Waals surface area contributed by atoms with Crippen molar-refractivity contribution in [2.45, 2.75) is 119 Å². The number of amides is 4. The van der Waals surface area contributed by atoms with E-state index < -0.39 is 41.3 Å². The summed E-state index contributed by atoms with van der Waals surface area (Å²) in [5, 5.41) is 12.1. The average Bonchev–Trinajstić information content (AvgIpc) is 3.49. The number of hydrogen-bond donors (Lipinski definition) is 4. The lowest BCUT2D eigenvalue weighted by molar-refractivity contribution is -0.138. The Bertz CT molecular complexity index is 1160. The molecule has 0 radical (unpaired) electrons. The molecule has 0 bridgehead atoms. The second-order valence-electron chi connectivity index (χ2n) is 12.9. The van der Waals surface area contributed by atoms with Gasteiger partial charge in [0.1, 0.15) is 17.8 Å². The van der Waals surface area contributed by atoms with Crippen molar-refractivity contribution in [3.8, 4) is 0 Å². The lowest BCUT2D eigenvalue weighted by Crippen LogP contribution is -2.59. The topological polar surface area (TPSA) is 162 Å². The van der Waals surface area contributed by atoms with Gasteiger partial charge in [-0.3, -0.25) is 29.6 Å². The largest absolute Gasteiger partial charge is 0.346 e. The Morgan fingerprint density at radius 1 is 1.04 bits per heavy atom. The molecule has 4 unspecified atom stereocenters. The van der Waals surface area contributed by atoms with Gasteiger partial charge in [0.25, 0.3) is 5.91 Å². The Labute approximate surface area is 282 Å². The number of carbonyl (C=O) groups excluding carboxylic acids is 5. The maximum atomic E-state index is 13.7. The van der Waals surface area contributed by atoms with E-state index >= 15 is 0 Å². The molecule has 1 aromatic rings. The molecule has 2 rings (SSSR count). The average molecular weight is 658 g/mol. The van der Waals surface area contributed by atoms with E-state index in [1.807, 2.05) is 34.6 Å². The molecule has 2 heterocycles. The number of hydrogen-bond acceptors (Lipinski definition) is 8. The molecule has 0 spiro atoms. The van der Waals surface area contributed by atoms with E-state index in [4.69, 9.17) is 0 Å². The fourth-order valence-electron chi connectivity index (χ4n) is 4.30. The first kappa shape index (κ1) is 42.9. The zero-order valence-electron chi connectivity index (χ0n) is 30.2. The van der Waals surface area contributed by atoms with Crippen LogP contribution < -0.4 is 21.4 Å². The van der Waals surface area contributed by atoms with E-state index in [0.29, 0.717) is 13.0 Å². The minimum atomic E-state index is -0.892. The van der Waals surface area contributed by atoms with Crippen LogP contribution in [0, 0.1) is 11.3 Å². The molecule has 4 N–H and O–H groups in total. The van der Waals surface area contributed by atoms with Crippen molar-refractivity contribution in [3.63, 3.8) is 0 Å². The van der Waals surface area contributed by atoms with Gasteiger partial charge < -0.3 is 20.9 Å². The molecule has 47 heavy (non-hydrogen) atoms. The van der Waals surface area contributed by atoms with Gasteiger partial charge in [-0.1, -0.05) is 87.3 Å². The highest BCUT2D eigenvalue weighted by Gasteiger charge is 2.40. The van der Waals surface area contributed by atoms with Gasteiger partial charge in [-0.05, 0) is 43.2 Å². The van der Waals surface area contributed by atoms with E-state index in [1.54, 1.807) is 23.1 Å². The number of ketones is 2. The van der Waals surface area contributed by atoms with Crippen molar-refractivity contribution in [3.05, 3.63) is 42.7 Å². The lowest BCUT2D eigenvalue weighted by Gasteiger charge is -2.35. The first-order valence-corrected chi connectivity index (χ1v) is 16.6. The Balaban J connectivity index is 0.00000326. The monoisotopic (exact) mass is 657 g/mol. The van der Waals surface area contributed by atoms with Gasteiger partial charge in [0.15, 0.2) is 0 Å². The molecule has 12 heteroatoms. The van der Waals surface area contributed by atoms with Crippen molar-refractivity contribution in [2.24, 2.45) is 16.4 Å². The molecule has 0 aliphatic carbocycles. The summed E-state index contributed by atoms with van der Waals surface area (Å²) in [6.45, 7) is 23.3. The predicted molar refractivity (Wildman–Crippen MR) is 188 cm³/mol. The second-order valence-corrected chi connectivity index (χ2v) is 12.9. The van der Waals surface area contributed by atoms with Crippen LogP contribution in [0.2, 0.25) is 0 Å². The van der Waals surface area contributed by atoms with Crippen LogP contribution in [0.15, 0.2) is 42.2 Å². The van der Waals surface area contributed by atoms with Crippen LogP contribution in [-0.2, 0) is 14.4 Å². The van der Waals surface area contributed by atoms with Gasteiger partial charge in [-0.25, -0.2) is 4.79 Å². The van der Waals surface area contributed by atoms with Crippen LogP contribution in [0.4, 0.5) is 4.79 Å². The summed E-state index contributed by atoms with van der Waals surface area (Å²) >= 11 is 0. The van der Waals surface area contributed by atoms with Crippen LogP contribution in [0.1, 0.15) is 105 Å². The third kappa shape index (κ3) is 15.4. The number of nitrogens with zero attached hydrogens (tertiary/aromatic N) is 3. The second kappa shape index (κ2) is 22.4. The summed E-state index contributed by atoms with van der Waals surface area (Å²) in [6, 6.07) is 1.42. The molecule has 0 aromatic carbocycles. The Morgan fingerprint density at radius 3 is 2.17 bits per heavy atom. The molecule has 264 valence electrons. The Hall–Kier alpha value is -4.09. The third-order valence-electron chi connectivity index (χ3n) is 6.66. The van der Waals surface area contributed by atoms with Gasteiger partial charge in [0.05, 0.1) is 12.1 Å². The number of rotatable bonds is 13. The molecular formula is C35H59N7O5. The van der Waals surface area contributed by atoms with Crippen LogP contribution in [0.5, 0.6) is 0 Å². The number of nitrogens with one attached hydrogen (secondary N) is 4. The SMILES string of the molecule is C=CCNC(=O)C(=O)C(C)NN=CC1CCCN1C(=O)C(NC(=O)NC(C(=O)c1ccccn1)C(C)C)C(C)(C)C.CCC.CCC. The zero-order valence-corrected chi connectivity index (χ0v) is 30.2. The predicted octanol–water partition coefficient (Wildman–Crippen LogP) is 4.66. The molecule has 1 aliphatic heterocycles. The number of urea groups is 1. The maximum absolute atomic E-state index is 13.7. The first-order chi connectivity index (χ1) is 22.1. The standard InChI is InChI=1S/C29H43N7O5.2C3H8/c1-8-14-31-26(39)23(37)19(4)35-32-17-20-12-11-16-36(20)27(40)25(29(5,6)7)34-28(41)33-22(18(2)3)24(38)21-13-9-10-15-30-21;2*1-3-2/h8-10,13,15,17-20,22,25,35H,1,11-12,14,16H2,2-7H3,(H,31,39)(H2,33,34,41);2*3H2,1-2H3. The molecular weight excluding hydrogens is 598 g/mol. The van der Waals surface area contributed by atoms with Gasteiger partial charge in [0, 0.05) is 25.5 Å². The van der Waals surface area contributed by atoms with Gasteiger partial charge in [-0.2, -0.15) is 5.10 Å². The molecule has 4 atom stereocenters. The van der Waals surface area contributed by atoms with E-state index in [-0.39, 0.29) is 35.9 Å². The van der Waals surface area contributed by atoms with E-state index in [1.165, 1.54) is 38.3 Å². The Kier molecular flexibility index (Phi) is 20.5. The molecule has 1 saturated heterocycles. The summed E-state index contributed by atoms with van der Waals surface area (Å²) in [5.74, 6) is -2.23. The number of aromatic nitrogens is 1. The first-order valence-electron chi connectivity index (χ1n) is 16.6. The zero-order chi connectivity index (χ0) is 36.2. The number of pyridine rings is 1. The number of Topliss-reactive ketones (excluding diaryl/α,β-unsaturated/α-hetero) is 2. The van der Waals surface area contributed by atoms with Crippen LogP contribution >= 0.6 is 0 Å². The van der Waals surface area contributed by atoms with Crippen molar-refractivity contribution < 1.29 is 24.0 Å². The molecule has 4 amide bonds. The number of likely N-dealkylation sites (tertiary alicyclic amines) is 1. The molecule has 1 aromatic heterocycles. The van der Waals surface area contributed by atoms with Crippen molar-refractivity contribution in [1.82, 2.24) is 31.3 Å². The van der Waals surface area contributed by atoms with Gasteiger partial charge >= 0.3 is 6.03 Å². The summed E-state index contributed by atoms with van der Waals surface area (Å²) in [5.41, 5.74) is 2.26. The summed E-state index contributed by atoms with van der Waals surface area (Å²) in [7, 11) is 0. The maximum Gasteiger partial charge on any atom is 0.316 e. The minimum Gasteiger partial charge on any atom is -0.346 e. The quantitative estimate of drug-likeness (QED) is 0.0789. The van der Waals surface area contributed by atoms with E-state index in [2.05, 4.69) is 65.7 Å². The highest BCUT2D eigenvalue weighted by Crippen LogP contribution is 2.25. The molecule has 12 nitrogen and oxygen atoms in total. The summed E-state index contributed by atoms with van der Waals surface area (Å²) in [6.07, 6.45) is 8.41. The lowest BCUT2D eigenvalue weighted by atomic mass is 9.85. The van der Waals surface area contributed by atoms with Gasteiger partial charge in [0.2, 0.25) is 17.5 Å². The van der Waals surface area contributed by atoms with Crippen LogP contribution in [0.25, 0.3) is 0 Å². The third-order valence-corrected chi connectivity index (χ3v) is 6.66.